The van der Waals surface area contributed by atoms with Gasteiger partial charge in [0, 0.05) is 5.02 Å². The minimum atomic E-state index is -3.81. The van der Waals surface area contributed by atoms with Gasteiger partial charge in [0.2, 0.25) is 0 Å². The van der Waals surface area contributed by atoms with Crippen molar-refractivity contribution in [2.45, 2.75) is 4.21 Å². The van der Waals surface area contributed by atoms with Crippen molar-refractivity contribution in [3.05, 3.63) is 45.8 Å². The topological polar surface area (TPSA) is 43.4 Å². The molecule has 3 nitrogen and oxygen atoms in total. The first kappa shape index (κ1) is 12.7. The first-order valence-corrected chi connectivity index (χ1v) is 7.46. The monoisotopic (exact) mass is 308 g/mol. The van der Waals surface area contributed by atoms with E-state index in [1.807, 2.05) is 0 Å². The Labute approximate surface area is 113 Å². The molecule has 0 N–H and O–H groups in total. The average molecular weight is 309 g/mol. The largest absolute Gasteiger partial charge is 0.377 e. The molecule has 0 bridgehead atoms. The highest BCUT2D eigenvalue weighted by molar-refractivity contribution is 7.89. The van der Waals surface area contributed by atoms with Crippen LogP contribution in [0.5, 0.6) is 5.75 Å². The first-order chi connectivity index (χ1) is 7.99. The van der Waals surface area contributed by atoms with Crippen LogP contribution in [0, 0.1) is 0 Å². The minimum absolute atomic E-state index is 0.0597. The van der Waals surface area contributed by atoms with Gasteiger partial charge in [-0.05, 0) is 29.6 Å². The van der Waals surface area contributed by atoms with E-state index in [0.717, 1.165) is 11.3 Å². The van der Waals surface area contributed by atoms with Crippen LogP contribution in [0.3, 0.4) is 0 Å². The second kappa shape index (κ2) is 4.86. The van der Waals surface area contributed by atoms with Gasteiger partial charge in [-0.2, -0.15) is 8.42 Å². The zero-order valence-electron chi connectivity index (χ0n) is 8.26. The summed E-state index contributed by atoms with van der Waals surface area (Å²) < 4.78 is 28.6. The van der Waals surface area contributed by atoms with Crippen molar-refractivity contribution < 1.29 is 12.6 Å². The van der Waals surface area contributed by atoms with E-state index in [1.165, 1.54) is 24.3 Å². The molecule has 0 spiro atoms. The lowest BCUT2D eigenvalue weighted by Gasteiger charge is -2.06. The van der Waals surface area contributed by atoms with Gasteiger partial charge in [-0.25, -0.2) is 0 Å². The third-order valence-electron chi connectivity index (χ3n) is 1.83. The van der Waals surface area contributed by atoms with Gasteiger partial charge in [0.05, 0.1) is 5.02 Å². The van der Waals surface area contributed by atoms with E-state index in [4.69, 9.17) is 27.4 Å². The van der Waals surface area contributed by atoms with Gasteiger partial charge in [-0.1, -0.05) is 29.3 Å². The number of hydrogen-bond donors (Lipinski definition) is 0. The average Bonchev–Trinajstić information content (AvgIpc) is 2.76. The maximum absolute atomic E-state index is 11.8. The van der Waals surface area contributed by atoms with E-state index in [0.29, 0.717) is 5.02 Å². The standard InChI is InChI=1S/C10H6Cl2O3S2/c11-7-3-4-9(8(12)6-7)15-17(13,14)10-2-1-5-16-10/h1-6H. The SMILES string of the molecule is O=S(=O)(Oc1ccc(Cl)cc1Cl)c1cccs1. The number of thiophene rings is 1. The molecule has 7 heteroatoms. The van der Waals surface area contributed by atoms with Crippen LogP contribution in [-0.2, 0) is 10.1 Å². The third kappa shape index (κ3) is 2.93. The predicted octanol–water partition coefficient (Wildman–Crippen LogP) is 3.82. The Kier molecular flexibility index (Phi) is 3.63. The Bertz CT molecular complexity index is 621. The predicted molar refractivity (Wildman–Crippen MR) is 68.6 cm³/mol. The summed E-state index contributed by atoms with van der Waals surface area (Å²) in [5.74, 6) is 0.0597. The summed E-state index contributed by atoms with van der Waals surface area (Å²) >= 11 is 12.6. The highest BCUT2D eigenvalue weighted by Gasteiger charge is 2.19. The lowest BCUT2D eigenvalue weighted by atomic mass is 10.3. The van der Waals surface area contributed by atoms with Gasteiger partial charge in [0.1, 0.15) is 0 Å². The highest BCUT2D eigenvalue weighted by Crippen LogP contribution is 2.30. The molecule has 1 aromatic heterocycles. The quantitative estimate of drug-likeness (QED) is 0.810. The minimum Gasteiger partial charge on any atom is -0.377 e. The fourth-order valence-electron chi connectivity index (χ4n) is 1.11. The molecule has 90 valence electrons. The third-order valence-corrected chi connectivity index (χ3v) is 4.96. The van der Waals surface area contributed by atoms with Crippen LogP contribution in [0.4, 0.5) is 0 Å². The molecular weight excluding hydrogens is 303 g/mol. The lowest BCUT2D eigenvalue weighted by molar-refractivity contribution is 0.488. The summed E-state index contributed by atoms with van der Waals surface area (Å²) in [7, 11) is -3.81. The molecule has 2 aromatic rings. The molecule has 0 saturated carbocycles. The molecule has 1 aromatic carbocycles. The zero-order valence-corrected chi connectivity index (χ0v) is 11.4. The van der Waals surface area contributed by atoms with E-state index >= 15 is 0 Å². The van der Waals surface area contributed by atoms with Gasteiger partial charge in [0.25, 0.3) is 0 Å². The van der Waals surface area contributed by atoms with Crippen LogP contribution in [0.2, 0.25) is 10.0 Å². The molecule has 1 heterocycles. The van der Waals surface area contributed by atoms with Gasteiger partial charge >= 0.3 is 10.1 Å². The fraction of sp³-hybridized carbons (Fsp3) is 0. The molecule has 17 heavy (non-hydrogen) atoms. The van der Waals surface area contributed by atoms with E-state index in [-0.39, 0.29) is 15.0 Å². The van der Waals surface area contributed by atoms with E-state index in [1.54, 1.807) is 11.4 Å². The number of rotatable bonds is 3. The van der Waals surface area contributed by atoms with E-state index in [9.17, 15) is 8.42 Å². The van der Waals surface area contributed by atoms with Gasteiger partial charge in [0.15, 0.2) is 9.96 Å². The maximum atomic E-state index is 11.8. The second-order valence-electron chi connectivity index (χ2n) is 3.04. The molecule has 0 amide bonds. The van der Waals surface area contributed by atoms with Crippen molar-refractivity contribution in [2.75, 3.05) is 0 Å². The summed E-state index contributed by atoms with van der Waals surface area (Å²) in [6.45, 7) is 0. The van der Waals surface area contributed by atoms with Crippen molar-refractivity contribution in [3.8, 4) is 5.75 Å². The van der Waals surface area contributed by atoms with Crippen LogP contribution >= 0.6 is 34.5 Å². The van der Waals surface area contributed by atoms with E-state index < -0.39 is 10.1 Å². The Morgan fingerprint density at radius 1 is 1.18 bits per heavy atom. The van der Waals surface area contributed by atoms with Crippen molar-refractivity contribution >= 4 is 44.7 Å². The number of hydrogen-bond acceptors (Lipinski definition) is 4. The maximum Gasteiger partial charge on any atom is 0.348 e. The Balaban J connectivity index is 2.33. The normalized spacial score (nSPS) is 11.4. The Morgan fingerprint density at radius 2 is 1.94 bits per heavy atom. The van der Waals surface area contributed by atoms with Crippen LogP contribution in [0.25, 0.3) is 0 Å². The molecule has 0 aliphatic heterocycles. The molecule has 0 aliphatic carbocycles. The smallest absolute Gasteiger partial charge is 0.348 e. The molecule has 0 saturated heterocycles. The molecule has 0 unspecified atom stereocenters. The molecule has 0 radical (unpaired) electrons. The van der Waals surface area contributed by atoms with E-state index in [2.05, 4.69) is 0 Å². The summed E-state index contributed by atoms with van der Waals surface area (Å²) in [5, 5.41) is 2.22. The second-order valence-corrected chi connectivity index (χ2v) is 6.61. The Hall–Kier alpha value is -0.750. The molecule has 0 atom stereocenters. The van der Waals surface area contributed by atoms with Crippen LogP contribution < -0.4 is 4.18 Å². The van der Waals surface area contributed by atoms with Gasteiger partial charge < -0.3 is 4.18 Å². The molecule has 2 rings (SSSR count). The summed E-state index contributed by atoms with van der Waals surface area (Å²) in [6, 6.07) is 7.43. The summed E-state index contributed by atoms with van der Waals surface area (Å²) in [6.07, 6.45) is 0. The van der Waals surface area contributed by atoms with Crippen molar-refractivity contribution in [1.29, 1.82) is 0 Å². The Morgan fingerprint density at radius 3 is 2.53 bits per heavy atom. The van der Waals surface area contributed by atoms with Crippen molar-refractivity contribution in [2.24, 2.45) is 0 Å². The molecule has 0 aliphatic rings. The van der Waals surface area contributed by atoms with Gasteiger partial charge in [-0.3, -0.25) is 0 Å². The highest BCUT2D eigenvalue weighted by atomic mass is 35.5. The number of benzene rings is 1. The molecular formula is C10H6Cl2O3S2. The molecule has 0 fully saturated rings. The summed E-state index contributed by atoms with van der Waals surface area (Å²) in [5.41, 5.74) is 0. The van der Waals surface area contributed by atoms with Crippen LogP contribution in [0.1, 0.15) is 0 Å². The van der Waals surface area contributed by atoms with Gasteiger partial charge in [-0.15, -0.1) is 11.3 Å². The fourth-order valence-corrected chi connectivity index (χ4v) is 3.50. The van der Waals surface area contributed by atoms with Crippen LogP contribution in [0.15, 0.2) is 39.9 Å². The lowest BCUT2D eigenvalue weighted by Crippen LogP contribution is -2.08. The first-order valence-electron chi connectivity index (χ1n) is 4.42. The summed E-state index contributed by atoms with van der Waals surface area (Å²) in [4.78, 5) is 0. The number of halogens is 2. The van der Waals surface area contributed by atoms with Crippen molar-refractivity contribution in [3.63, 3.8) is 0 Å². The zero-order chi connectivity index (χ0) is 12.5. The van der Waals surface area contributed by atoms with Crippen LogP contribution in [-0.4, -0.2) is 8.42 Å². The van der Waals surface area contributed by atoms with Crippen molar-refractivity contribution in [1.82, 2.24) is 0 Å².